The zero-order chi connectivity index (χ0) is 13.9. The largest absolute Gasteiger partial charge is 0.368 e. The molecule has 2 atom stereocenters. The van der Waals surface area contributed by atoms with E-state index in [1.165, 1.54) is 0 Å². The van der Waals surface area contributed by atoms with Gasteiger partial charge in [-0.1, -0.05) is 13.8 Å². The Morgan fingerprint density at radius 1 is 1.56 bits per heavy atom. The predicted molar refractivity (Wildman–Crippen MR) is 72.3 cm³/mol. The van der Waals surface area contributed by atoms with E-state index < -0.39 is 5.54 Å². The number of imidazole rings is 1. The number of amides is 1. The van der Waals surface area contributed by atoms with Crippen LogP contribution in [0.25, 0.3) is 0 Å². The third kappa shape index (κ3) is 2.90. The quantitative estimate of drug-likeness (QED) is 0.804. The summed E-state index contributed by atoms with van der Waals surface area (Å²) < 4.78 is 2.11. The number of primary amides is 1. The van der Waals surface area contributed by atoms with Gasteiger partial charge in [-0.15, -0.1) is 0 Å². The number of nitrogens with zero attached hydrogens (tertiary/aromatic N) is 2. The van der Waals surface area contributed by atoms with E-state index in [0.717, 1.165) is 5.82 Å². The second-order valence-electron chi connectivity index (χ2n) is 5.35. The molecule has 0 aliphatic carbocycles. The van der Waals surface area contributed by atoms with Gasteiger partial charge in [0.15, 0.2) is 0 Å². The maximum absolute atomic E-state index is 11.5. The standard InChI is InChI=1S/C13H24N4O/c1-9(2)11-16-6-7-17(11)10(3)8-13(4,15-5)12(14)18/h6-7,9-10,15H,8H2,1-5H3,(H2,14,18). The van der Waals surface area contributed by atoms with Crippen LogP contribution in [0.1, 0.15) is 51.9 Å². The van der Waals surface area contributed by atoms with Crippen molar-refractivity contribution < 1.29 is 4.79 Å². The molecule has 0 aliphatic heterocycles. The van der Waals surface area contributed by atoms with E-state index in [9.17, 15) is 4.79 Å². The molecule has 0 aromatic carbocycles. The van der Waals surface area contributed by atoms with E-state index in [4.69, 9.17) is 5.73 Å². The predicted octanol–water partition coefficient (Wildman–Crippen LogP) is 1.42. The van der Waals surface area contributed by atoms with Crippen LogP contribution >= 0.6 is 0 Å². The van der Waals surface area contributed by atoms with Crippen molar-refractivity contribution in [3.05, 3.63) is 18.2 Å². The fourth-order valence-corrected chi connectivity index (χ4v) is 2.16. The summed E-state index contributed by atoms with van der Waals surface area (Å²) in [5.41, 5.74) is 4.76. The molecule has 0 bridgehead atoms. The van der Waals surface area contributed by atoms with Crippen LogP contribution in [0.15, 0.2) is 12.4 Å². The molecule has 0 fully saturated rings. The topological polar surface area (TPSA) is 72.9 Å². The van der Waals surface area contributed by atoms with Crippen molar-refractivity contribution in [3.63, 3.8) is 0 Å². The van der Waals surface area contributed by atoms with Crippen molar-refractivity contribution in [2.45, 2.75) is 51.6 Å². The summed E-state index contributed by atoms with van der Waals surface area (Å²) in [6, 6.07) is 0.162. The second kappa shape index (κ2) is 5.52. The number of hydrogen-bond donors (Lipinski definition) is 2. The van der Waals surface area contributed by atoms with Crippen molar-refractivity contribution in [2.24, 2.45) is 5.73 Å². The molecule has 1 amide bonds. The van der Waals surface area contributed by atoms with Gasteiger partial charge >= 0.3 is 0 Å². The smallest absolute Gasteiger partial charge is 0.237 e. The van der Waals surface area contributed by atoms with Crippen LogP contribution in [0.5, 0.6) is 0 Å². The highest BCUT2D eigenvalue weighted by molar-refractivity contribution is 5.84. The molecule has 0 spiro atoms. The average molecular weight is 252 g/mol. The first-order chi connectivity index (χ1) is 8.31. The third-order valence-electron chi connectivity index (χ3n) is 3.49. The number of rotatable bonds is 6. The lowest BCUT2D eigenvalue weighted by atomic mass is 9.92. The van der Waals surface area contributed by atoms with Gasteiger partial charge in [-0.25, -0.2) is 4.98 Å². The van der Waals surface area contributed by atoms with Crippen LogP contribution in [0.4, 0.5) is 0 Å². The SMILES string of the molecule is CNC(C)(CC(C)n1ccnc1C(C)C)C(N)=O. The van der Waals surface area contributed by atoms with Crippen LogP contribution in [0.3, 0.4) is 0 Å². The summed E-state index contributed by atoms with van der Waals surface area (Å²) >= 11 is 0. The Morgan fingerprint density at radius 2 is 2.17 bits per heavy atom. The zero-order valence-electron chi connectivity index (χ0n) is 11.9. The summed E-state index contributed by atoms with van der Waals surface area (Å²) in [7, 11) is 1.76. The summed E-state index contributed by atoms with van der Waals surface area (Å²) in [6.07, 6.45) is 4.39. The third-order valence-corrected chi connectivity index (χ3v) is 3.49. The molecular formula is C13H24N4O. The van der Waals surface area contributed by atoms with Gasteiger partial charge in [-0.3, -0.25) is 4.79 Å². The number of likely N-dealkylation sites (N-methyl/N-ethyl adjacent to an activating group) is 1. The lowest BCUT2D eigenvalue weighted by Gasteiger charge is -2.30. The number of aromatic nitrogens is 2. The molecule has 5 heteroatoms. The van der Waals surface area contributed by atoms with Gasteiger partial charge in [-0.05, 0) is 27.3 Å². The van der Waals surface area contributed by atoms with Crippen LogP contribution in [0, 0.1) is 0 Å². The summed E-state index contributed by atoms with van der Waals surface area (Å²) in [6.45, 7) is 8.12. The first-order valence-corrected chi connectivity index (χ1v) is 6.33. The molecule has 5 nitrogen and oxygen atoms in total. The Kier molecular flexibility index (Phi) is 4.51. The van der Waals surface area contributed by atoms with Gasteiger partial charge in [0.05, 0.1) is 5.54 Å². The van der Waals surface area contributed by atoms with Crippen molar-refractivity contribution in [1.82, 2.24) is 14.9 Å². The van der Waals surface area contributed by atoms with Gasteiger partial charge in [0.1, 0.15) is 5.82 Å². The molecule has 1 aromatic heterocycles. The first kappa shape index (κ1) is 14.7. The fraction of sp³-hybridized carbons (Fsp3) is 0.692. The van der Waals surface area contributed by atoms with Crippen molar-refractivity contribution in [1.29, 1.82) is 0 Å². The number of nitrogens with one attached hydrogen (secondary N) is 1. The number of carbonyl (C=O) groups excluding carboxylic acids is 1. The molecule has 0 radical (unpaired) electrons. The second-order valence-corrected chi connectivity index (χ2v) is 5.35. The molecule has 18 heavy (non-hydrogen) atoms. The van der Waals surface area contributed by atoms with E-state index in [1.807, 2.05) is 13.1 Å². The van der Waals surface area contributed by atoms with Crippen LogP contribution in [0.2, 0.25) is 0 Å². The average Bonchev–Trinajstić information content (AvgIpc) is 2.77. The molecule has 102 valence electrons. The molecule has 0 aliphatic rings. The molecule has 2 unspecified atom stereocenters. The summed E-state index contributed by atoms with van der Waals surface area (Å²) in [4.78, 5) is 15.9. The van der Waals surface area contributed by atoms with Gasteiger partial charge in [-0.2, -0.15) is 0 Å². The van der Waals surface area contributed by atoms with Gasteiger partial charge in [0, 0.05) is 24.4 Å². The highest BCUT2D eigenvalue weighted by atomic mass is 16.1. The maximum Gasteiger partial charge on any atom is 0.237 e. The number of carbonyl (C=O) groups is 1. The first-order valence-electron chi connectivity index (χ1n) is 6.33. The highest BCUT2D eigenvalue weighted by Gasteiger charge is 2.32. The minimum absolute atomic E-state index is 0.162. The van der Waals surface area contributed by atoms with Crippen LogP contribution in [-0.2, 0) is 4.79 Å². The van der Waals surface area contributed by atoms with Crippen LogP contribution < -0.4 is 11.1 Å². The molecule has 0 saturated heterocycles. The molecule has 0 saturated carbocycles. The fourth-order valence-electron chi connectivity index (χ4n) is 2.16. The summed E-state index contributed by atoms with van der Waals surface area (Å²) in [5, 5.41) is 3.01. The Balaban J connectivity index is 2.91. The number of nitrogens with two attached hydrogens (primary N) is 1. The van der Waals surface area contributed by atoms with Gasteiger partial charge < -0.3 is 15.6 Å². The molecule has 1 aromatic rings. The van der Waals surface area contributed by atoms with Crippen molar-refractivity contribution in [3.8, 4) is 0 Å². The Labute approximate surface area is 109 Å². The minimum Gasteiger partial charge on any atom is -0.368 e. The Morgan fingerprint density at radius 3 is 2.61 bits per heavy atom. The summed E-state index contributed by atoms with van der Waals surface area (Å²) in [5.74, 6) is 1.06. The van der Waals surface area contributed by atoms with Crippen molar-refractivity contribution >= 4 is 5.91 Å². The monoisotopic (exact) mass is 252 g/mol. The van der Waals surface area contributed by atoms with E-state index in [-0.39, 0.29) is 11.9 Å². The van der Waals surface area contributed by atoms with E-state index in [1.54, 1.807) is 13.2 Å². The Bertz CT molecular complexity index is 413. The van der Waals surface area contributed by atoms with Gasteiger partial charge in [0.25, 0.3) is 0 Å². The Hall–Kier alpha value is -1.36. The highest BCUT2D eigenvalue weighted by Crippen LogP contribution is 2.24. The molecule has 1 rings (SSSR count). The van der Waals surface area contributed by atoms with E-state index in [2.05, 4.69) is 35.6 Å². The lowest BCUT2D eigenvalue weighted by molar-refractivity contribution is -0.124. The van der Waals surface area contributed by atoms with Crippen LogP contribution in [-0.4, -0.2) is 28.0 Å². The normalized spacial score (nSPS) is 16.6. The molecule has 1 heterocycles. The lowest BCUT2D eigenvalue weighted by Crippen LogP contribution is -2.52. The molecular weight excluding hydrogens is 228 g/mol. The maximum atomic E-state index is 11.5. The number of hydrogen-bond acceptors (Lipinski definition) is 3. The minimum atomic E-state index is -0.696. The van der Waals surface area contributed by atoms with E-state index >= 15 is 0 Å². The van der Waals surface area contributed by atoms with E-state index in [0.29, 0.717) is 12.3 Å². The molecule has 3 N–H and O–H groups in total. The van der Waals surface area contributed by atoms with Gasteiger partial charge in [0.2, 0.25) is 5.91 Å². The van der Waals surface area contributed by atoms with Crippen molar-refractivity contribution in [2.75, 3.05) is 7.05 Å². The zero-order valence-corrected chi connectivity index (χ0v) is 11.9.